The van der Waals surface area contributed by atoms with Crippen LogP contribution >= 0.6 is 0 Å². The van der Waals surface area contributed by atoms with Crippen LogP contribution in [0.25, 0.3) is 0 Å². The molecule has 1 aromatic carbocycles. The van der Waals surface area contributed by atoms with E-state index in [1.54, 1.807) is 0 Å². The maximum absolute atomic E-state index is 12.4. The highest BCUT2D eigenvalue weighted by atomic mass is 16.5. The lowest BCUT2D eigenvalue weighted by Gasteiger charge is -2.32. The topological polar surface area (TPSA) is 102 Å². The Kier molecular flexibility index (Phi) is 6.32. The van der Waals surface area contributed by atoms with Crippen LogP contribution in [-0.4, -0.2) is 55.5 Å². The molecule has 1 heterocycles. The zero-order valence-electron chi connectivity index (χ0n) is 15.0. The number of carbonyl (C=O) groups is 4. The molecule has 26 heavy (non-hydrogen) atoms. The number of ether oxygens (including phenoxy) is 2. The second-order valence-corrected chi connectivity index (χ2v) is 6.04. The molecule has 0 spiro atoms. The normalized spacial score (nSPS) is 16.6. The quantitative estimate of drug-likeness (QED) is 0.647. The van der Waals surface area contributed by atoms with Gasteiger partial charge in [-0.2, -0.15) is 0 Å². The summed E-state index contributed by atoms with van der Waals surface area (Å²) in [4.78, 5) is 50.0. The highest BCUT2D eigenvalue weighted by molar-refractivity contribution is 6.40. The first-order chi connectivity index (χ1) is 12.4. The van der Waals surface area contributed by atoms with Gasteiger partial charge in [0.1, 0.15) is 0 Å². The molecule has 1 fully saturated rings. The van der Waals surface area contributed by atoms with E-state index in [-0.39, 0.29) is 22.9 Å². The third-order valence-electron chi connectivity index (χ3n) is 4.35. The Morgan fingerprint density at radius 3 is 2.38 bits per heavy atom. The van der Waals surface area contributed by atoms with Gasteiger partial charge in [0.05, 0.1) is 31.0 Å². The number of nitrogens with one attached hydrogen (secondary N) is 1. The van der Waals surface area contributed by atoms with Gasteiger partial charge >= 0.3 is 23.8 Å². The number of nitrogens with zero attached hydrogens (tertiary/aromatic N) is 1. The number of hydrogen-bond acceptors (Lipinski definition) is 6. The third-order valence-corrected chi connectivity index (χ3v) is 4.35. The molecule has 8 nitrogen and oxygen atoms in total. The first-order valence-corrected chi connectivity index (χ1v) is 8.31. The molecule has 2 rings (SSSR count). The number of likely N-dealkylation sites (tertiary alicyclic amines) is 1. The lowest BCUT2D eigenvalue weighted by molar-refractivity contribution is -0.145. The summed E-state index contributed by atoms with van der Waals surface area (Å²) in [5, 5.41) is 2.42. The number of piperidine rings is 1. The first-order valence-electron chi connectivity index (χ1n) is 8.31. The number of rotatable bonds is 3. The molecule has 1 aliphatic rings. The maximum atomic E-state index is 12.4. The smallest absolute Gasteiger partial charge is 0.339 e. The highest BCUT2D eigenvalue weighted by Gasteiger charge is 2.29. The van der Waals surface area contributed by atoms with E-state index in [1.807, 2.05) is 6.92 Å². The minimum Gasteiger partial charge on any atom is -0.465 e. The van der Waals surface area contributed by atoms with Crippen LogP contribution in [-0.2, 0) is 19.1 Å². The molecule has 1 unspecified atom stereocenters. The van der Waals surface area contributed by atoms with Crippen LogP contribution in [0.2, 0.25) is 0 Å². The van der Waals surface area contributed by atoms with Crippen molar-refractivity contribution in [1.29, 1.82) is 0 Å². The van der Waals surface area contributed by atoms with Crippen LogP contribution in [0, 0.1) is 0 Å². The van der Waals surface area contributed by atoms with E-state index in [0.717, 1.165) is 19.3 Å². The molecule has 0 bridgehead atoms. The van der Waals surface area contributed by atoms with Crippen molar-refractivity contribution >= 4 is 29.4 Å². The number of anilines is 1. The minimum absolute atomic E-state index is 0.0164. The SMILES string of the molecule is COC(=O)c1ccc(C(=O)OC)c(NC(=O)C(=O)N2CCCCC2C)c1. The monoisotopic (exact) mass is 362 g/mol. The Bertz CT molecular complexity index is 730. The van der Waals surface area contributed by atoms with E-state index in [1.165, 1.54) is 37.3 Å². The zero-order chi connectivity index (χ0) is 19.3. The molecule has 2 amide bonds. The number of esters is 2. The molecule has 1 aliphatic heterocycles. The molecule has 1 atom stereocenters. The molecule has 140 valence electrons. The predicted molar refractivity (Wildman–Crippen MR) is 92.8 cm³/mol. The first kappa shape index (κ1) is 19.4. The van der Waals surface area contributed by atoms with E-state index in [0.29, 0.717) is 6.54 Å². The molecule has 0 radical (unpaired) electrons. The van der Waals surface area contributed by atoms with Crippen LogP contribution in [0.15, 0.2) is 18.2 Å². The molecule has 1 N–H and O–H groups in total. The molecule has 1 aromatic rings. The van der Waals surface area contributed by atoms with Crippen LogP contribution in [0.4, 0.5) is 5.69 Å². The Hall–Kier alpha value is -2.90. The fourth-order valence-electron chi connectivity index (χ4n) is 2.89. The lowest BCUT2D eigenvalue weighted by atomic mass is 10.0. The molecule has 0 aliphatic carbocycles. The predicted octanol–water partition coefficient (Wildman–Crippen LogP) is 1.60. The molecular weight excluding hydrogens is 340 g/mol. The van der Waals surface area contributed by atoms with E-state index < -0.39 is 23.8 Å². The number of hydrogen-bond donors (Lipinski definition) is 1. The average molecular weight is 362 g/mol. The number of benzene rings is 1. The number of methoxy groups -OCH3 is 2. The van der Waals surface area contributed by atoms with Crippen molar-refractivity contribution in [2.45, 2.75) is 32.2 Å². The van der Waals surface area contributed by atoms with Crippen molar-refractivity contribution < 1.29 is 28.7 Å². The van der Waals surface area contributed by atoms with Gasteiger partial charge in [-0.15, -0.1) is 0 Å². The van der Waals surface area contributed by atoms with Crippen molar-refractivity contribution in [2.75, 3.05) is 26.1 Å². The summed E-state index contributed by atoms with van der Waals surface area (Å²) >= 11 is 0. The Labute approximate surface area is 151 Å². The van der Waals surface area contributed by atoms with E-state index >= 15 is 0 Å². The second kappa shape index (κ2) is 8.46. The average Bonchev–Trinajstić information content (AvgIpc) is 2.66. The van der Waals surface area contributed by atoms with Gasteiger partial charge in [0.15, 0.2) is 0 Å². The van der Waals surface area contributed by atoms with Crippen molar-refractivity contribution in [1.82, 2.24) is 4.90 Å². The van der Waals surface area contributed by atoms with Crippen molar-refractivity contribution in [3.63, 3.8) is 0 Å². The van der Waals surface area contributed by atoms with Crippen molar-refractivity contribution in [3.8, 4) is 0 Å². The summed E-state index contributed by atoms with van der Waals surface area (Å²) in [7, 11) is 2.42. The van der Waals surface area contributed by atoms with E-state index in [4.69, 9.17) is 0 Å². The molecule has 0 aromatic heterocycles. The summed E-state index contributed by atoms with van der Waals surface area (Å²) in [5.41, 5.74) is 0.185. The summed E-state index contributed by atoms with van der Waals surface area (Å²) in [5.74, 6) is -2.87. The van der Waals surface area contributed by atoms with Crippen molar-refractivity contribution in [3.05, 3.63) is 29.3 Å². The third kappa shape index (κ3) is 4.19. The van der Waals surface area contributed by atoms with Crippen LogP contribution in [0.5, 0.6) is 0 Å². The maximum Gasteiger partial charge on any atom is 0.339 e. The number of carbonyl (C=O) groups excluding carboxylic acids is 4. The second-order valence-electron chi connectivity index (χ2n) is 6.04. The van der Waals surface area contributed by atoms with Crippen LogP contribution in [0.3, 0.4) is 0 Å². The summed E-state index contributed by atoms with van der Waals surface area (Å²) < 4.78 is 9.31. The van der Waals surface area contributed by atoms with Gasteiger partial charge in [-0.05, 0) is 44.4 Å². The van der Waals surface area contributed by atoms with Gasteiger partial charge in [-0.25, -0.2) is 9.59 Å². The standard InChI is InChI=1S/C18H22N2O6/c1-11-6-4-5-9-20(11)16(22)15(21)19-14-10-12(17(23)25-2)7-8-13(14)18(24)26-3/h7-8,10-11H,4-6,9H2,1-3H3,(H,19,21). The minimum atomic E-state index is -0.870. The molecule has 0 saturated carbocycles. The summed E-state index contributed by atoms with van der Waals surface area (Å²) in [6, 6.07) is 3.97. The van der Waals surface area contributed by atoms with Crippen molar-refractivity contribution in [2.24, 2.45) is 0 Å². The summed E-state index contributed by atoms with van der Waals surface area (Å²) in [6.45, 7) is 2.40. The summed E-state index contributed by atoms with van der Waals surface area (Å²) in [6.07, 6.45) is 2.69. The number of amides is 2. The van der Waals surface area contributed by atoms with Gasteiger partial charge in [-0.3, -0.25) is 9.59 Å². The van der Waals surface area contributed by atoms with Gasteiger partial charge in [-0.1, -0.05) is 0 Å². The molecule has 1 saturated heterocycles. The van der Waals surface area contributed by atoms with E-state index in [2.05, 4.69) is 14.8 Å². The molecule has 8 heteroatoms. The van der Waals surface area contributed by atoms with Crippen LogP contribution < -0.4 is 5.32 Å². The van der Waals surface area contributed by atoms with Crippen LogP contribution in [0.1, 0.15) is 46.9 Å². The fraction of sp³-hybridized carbons (Fsp3) is 0.444. The van der Waals surface area contributed by atoms with E-state index in [9.17, 15) is 19.2 Å². The highest BCUT2D eigenvalue weighted by Crippen LogP contribution is 2.21. The Morgan fingerprint density at radius 1 is 1.08 bits per heavy atom. The van der Waals surface area contributed by atoms with Gasteiger partial charge in [0, 0.05) is 12.6 Å². The van der Waals surface area contributed by atoms with Gasteiger partial charge < -0.3 is 19.7 Å². The largest absolute Gasteiger partial charge is 0.465 e. The Morgan fingerprint density at radius 2 is 1.77 bits per heavy atom. The fourth-order valence-corrected chi connectivity index (χ4v) is 2.89. The Balaban J connectivity index is 2.27. The van der Waals surface area contributed by atoms with Gasteiger partial charge in [0.2, 0.25) is 0 Å². The zero-order valence-corrected chi connectivity index (χ0v) is 15.0. The van der Waals surface area contributed by atoms with Gasteiger partial charge in [0.25, 0.3) is 0 Å². The molecular formula is C18H22N2O6. The lowest BCUT2D eigenvalue weighted by Crippen LogP contribution is -2.47.